The minimum atomic E-state index is -4.77. The molecule has 206 valence electrons. The third-order valence-electron chi connectivity index (χ3n) is 5.40. The van der Waals surface area contributed by atoms with Gasteiger partial charge >= 0.3 is 11.9 Å². The van der Waals surface area contributed by atoms with E-state index in [1.165, 1.54) is 36.0 Å². The minimum Gasteiger partial charge on any atom is -0.450 e. The van der Waals surface area contributed by atoms with Gasteiger partial charge in [0, 0.05) is 16.6 Å². The molecular formula is C26H18F3N3O6S2. The maximum absolute atomic E-state index is 13.0. The fraction of sp³-hybridized carbons (Fsp3) is 0.115. The molecule has 0 atom stereocenters. The number of hydrogen-bond donors (Lipinski definition) is 1. The SMILES string of the molecule is CSc1cccc(NC(=O)CN2C(=O)S/C(=C/c3cccc(Oc4ccc(C(F)(F)F)cc4[N+](=O)[O-])c3)C2=O)c1. The van der Waals surface area contributed by atoms with E-state index >= 15 is 0 Å². The molecule has 0 spiro atoms. The zero-order valence-corrected chi connectivity index (χ0v) is 22.1. The molecule has 0 saturated carbocycles. The van der Waals surface area contributed by atoms with E-state index < -0.39 is 51.7 Å². The average molecular weight is 590 g/mol. The number of halogens is 3. The van der Waals surface area contributed by atoms with Gasteiger partial charge in [-0.2, -0.15) is 13.2 Å². The van der Waals surface area contributed by atoms with Crippen LogP contribution in [0.5, 0.6) is 11.5 Å². The maximum atomic E-state index is 13.0. The molecule has 1 saturated heterocycles. The van der Waals surface area contributed by atoms with Crippen molar-refractivity contribution >= 4 is 58.0 Å². The van der Waals surface area contributed by atoms with Gasteiger partial charge in [0.05, 0.1) is 15.4 Å². The Hall–Kier alpha value is -4.30. The second-order valence-corrected chi connectivity index (χ2v) is 10.0. The summed E-state index contributed by atoms with van der Waals surface area (Å²) in [5, 5.41) is 13.3. The van der Waals surface area contributed by atoms with Crippen molar-refractivity contribution in [1.82, 2.24) is 4.90 Å². The number of nitro benzene ring substituents is 1. The van der Waals surface area contributed by atoms with Gasteiger partial charge in [-0.1, -0.05) is 18.2 Å². The van der Waals surface area contributed by atoms with Crippen LogP contribution in [-0.4, -0.2) is 39.7 Å². The van der Waals surface area contributed by atoms with Crippen molar-refractivity contribution < 1.29 is 37.2 Å². The van der Waals surface area contributed by atoms with Gasteiger partial charge in [0.1, 0.15) is 12.3 Å². The lowest BCUT2D eigenvalue weighted by atomic mass is 10.1. The van der Waals surface area contributed by atoms with Crippen LogP contribution in [0.3, 0.4) is 0 Å². The lowest BCUT2D eigenvalue weighted by Gasteiger charge is -2.12. The Kier molecular flexibility index (Phi) is 8.49. The number of carbonyl (C=O) groups is 3. The van der Waals surface area contributed by atoms with Gasteiger partial charge < -0.3 is 10.1 Å². The van der Waals surface area contributed by atoms with Gasteiger partial charge in [-0.15, -0.1) is 11.8 Å². The summed E-state index contributed by atoms with van der Waals surface area (Å²) < 4.78 is 44.4. The van der Waals surface area contributed by atoms with Crippen molar-refractivity contribution in [2.45, 2.75) is 11.1 Å². The monoisotopic (exact) mass is 589 g/mol. The van der Waals surface area contributed by atoms with E-state index in [9.17, 15) is 37.7 Å². The molecule has 40 heavy (non-hydrogen) atoms. The molecule has 3 aromatic rings. The van der Waals surface area contributed by atoms with E-state index in [1.54, 1.807) is 24.3 Å². The molecule has 3 amide bonds. The summed E-state index contributed by atoms with van der Waals surface area (Å²) in [7, 11) is 0. The van der Waals surface area contributed by atoms with Crippen LogP contribution in [0.4, 0.5) is 29.3 Å². The maximum Gasteiger partial charge on any atom is 0.416 e. The highest BCUT2D eigenvalue weighted by Crippen LogP contribution is 2.38. The van der Waals surface area contributed by atoms with E-state index in [0.29, 0.717) is 35.1 Å². The summed E-state index contributed by atoms with van der Waals surface area (Å²) in [6, 6.07) is 14.8. The molecule has 3 aromatic carbocycles. The number of nitrogens with zero attached hydrogens (tertiary/aromatic N) is 2. The molecule has 14 heteroatoms. The van der Waals surface area contributed by atoms with Gasteiger partial charge in [-0.3, -0.25) is 29.4 Å². The molecule has 0 unspecified atom stereocenters. The molecule has 1 aliphatic rings. The summed E-state index contributed by atoms with van der Waals surface area (Å²) >= 11 is 2.12. The highest BCUT2D eigenvalue weighted by molar-refractivity contribution is 8.18. The Labute approximate surface area is 233 Å². The Morgan fingerprint density at radius 1 is 1.12 bits per heavy atom. The van der Waals surface area contributed by atoms with E-state index in [4.69, 9.17) is 4.74 Å². The molecule has 1 heterocycles. The Balaban J connectivity index is 1.48. The number of benzene rings is 3. The van der Waals surface area contributed by atoms with E-state index in [0.717, 1.165) is 15.9 Å². The number of imide groups is 1. The minimum absolute atomic E-state index is 0.0276. The number of rotatable bonds is 8. The summed E-state index contributed by atoms with van der Waals surface area (Å²) in [5.74, 6) is -1.62. The van der Waals surface area contributed by atoms with Crippen LogP contribution in [0, 0.1) is 10.1 Å². The first-order chi connectivity index (χ1) is 18.9. The highest BCUT2D eigenvalue weighted by atomic mass is 32.2. The smallest absolute Gasteiger partial charge is 0.416 e. The van der Waals surface area contributed by atoms with Crippen molar-refractivity contribution in [3.05, 3.63) is 92.9 Å². The van der Waals surface area contributed by atoms with Crippen molar-refractivity contribution in [2.24, 2.45) is 0 Å². The van der Waals surface area contributed by atoms with Crippen LogP contribution in [0.2, 0.25) is 0 Å². The Bertz CT molecular complexity index is 1540. The largest absolute Gasteiger partial charge is 0.450 e. The fourth-order valence-electron chi connectivity index (χ4n) is 3.55. The van der Waals surface area contributed by atoms with E-state index in [-0.39, 0.29) is 10.7 Å². The summed E-state index contributed by atoms with van der Waals surface area (Å²) in [5.41, 5.74) is -1.18. The molecule has 0 aliphatic carbocycles. The first-order valence-corrected chi connectivity index (χ1v) is 13.3. The van der Waals surface area contributed by atoms with Crippen molar-refractivity contribution in [3.63, 3.8) is 0 Å². The number of thioether (sulfide) groups is 2. The number of nitro groups is 1. The summed E-state index contributed by atoms with van der Waals surface area (Å²) in [6.45, 7) is -0.494. The number of nitrogens with one attached hydrogen (secondary N) is 1. The lowest BCUT2D eigenvalue weighted by molar-refractivity contribution is -0.385. The first-order valence-electron chi connectivity index (χ1n) is 11.3. The molecule has 1 fully saturated rings. The summed E-state index contributed by atoms with van der Waals surface area (Å²) in [4.78, 5) is 49.9. The predicted octanol–water partition coefficient (Wildman–Crippen LogP) is 6.80. The number of amides is 3. The average Bonchev–Trinajstić information content (AvgIpc) is 3.15. The number of anilines is 1. The van der Waals surface area contributed by atoms with Crippen molar-refractivity contribution in [1.29, 1.82) is 0 Å². The second-order valence-electron chi connectivity index (χ2n) is 8.16. The topological polar surface area (TPSA) is 119 Å². The molecular weight excluding hydrogens is 571 g/mol. The van der Waals surface area contributed by atoms with Crippen LogP contribution in [-0.2, 0) is 15.8 Å². The normalized spacial score (nSPS) is 14.5. The number of carbonyl (C=O) groups excluding carboxylic acids is 3. The lowest BCUT2D eigenvalue weighted by Crippen LogP contribution is -2.36. The molecule has 9 nitrogen and oxygen atoms in total. The molecule has 0 bridgehead atoms. The number of ether oxygens (including phenoxy) is 1. The van der Waals surface area contributed by atoms with Gasteiger partial charge in [-0.05, 0) is 72.1 Å². The zero-order chi connectivity index (χ0) is 29.0. The van der Waals surface area contributed by atoms with E-state index in [1.807, 2.05) is 12.3 Å². The molecule has 1 N–H and O–H groups in total. The van der Waals surface area contributed by atoms with Crippen LogP contribution < -0.4 is 10.1 Å². The Morgan fingerprint density at radius 3 is 2.58 bits per heavy atom. The quantitative estimate of drug-likeness (QED) is 0.132. The molecule has 4 rings (SSSR count). The molecule has 0 radical (unpaired) electrons. The van der Waals surface area contributed by atoms with Crippen LogP contribution in [0.25, 0.3) is 6.08 Å². The van der Waals surface area contributed by atoms with Crippen LogP contribution >= 0.6 is 23.5 Å². The van der Waals surface area contributed by atoms with Gasteiger partial charge in [-0.25, -0.2) is 0 Å². The molecule has 0 aromatic heterocycles. The van der Waals surface area contributed by atoms with Crippen molar-refractivity contribution in [3.8, 4) is 11.5 Å². The third-order valence-corrected chi connectivity index (χ3v) is 7.03. The molecule has 1 aliphatic heterocycles. The van der Waals surface area contributed by atoms with E-state index in [2.05, 4.69) is 5.32 Å². The standard InChI is InChI=1S/C26H18F3N3O6S2/c1-39-19-7-3-5-17(13-19)30-23(33)14-31-24(34)22(40-25(31)35)11-15-4-2-6-18(10-15)38-21-9-8-16(26(27,28)29)12-20(21)32(36)37/h2-13H,14H2,1H3,(H,30,33)/b22-11+. The first kappa shape index (κ1) is 28.7. The van der Waals surface area contributed by atoms with Crippen molar-refractivity contribution in [2.75, 3.05) is 18.1 Å². The van der Waals surface area contributed by atoms with Gasteiger partial charge in [0.15, 0.2) is 0 Å². The second kappa shape index (κ2) is 11.8. The highest BCUT2D eigenvalue weighted by Gasteiger charge is 2.36. The Morgan fingerprint density at radius 2 is 1.88 bits per heavy atom. The summed E-state index contributed by atoms with van der Waals surface area (Å²) in [6.07, 6.45) is -1.51. The zero-order valence-electron chi connectivity index (χ0n) is 20.4. The third kappa shape index (κ3) is 6.82. The number of hydrogen-bond acceptors (Lipinski definition) is 8. The van der Waals surface area contributed by atoms with Crippen LogP contribution in [0.15, 0.2) is 76.5 Å². The predicted molar refractivity (Wildman–Crippen MR) is 144 cm³/mol. The fourth-order valence-corrected chi connectivity index (χ4v) is 4.85. The van der Waals surface area contributed by atoms with Gasteiger partial charge in [0.25, 0.3) is 11.1 Å². The van der Waals surface area contributed by atoms with Crippen LogP contribution in [0.1, 0.15) is 11.1 Å². The number of alkyl halides is 3. The van der Waals surface area contributed by atoms with Gasteiger partial charge in [0.2, 0.25) is 11.7 Å².